The normalized spacial score (nSPS) is 27.9. The largest absolute Gasteiger partial charge is 0.349 e. The zero-order valence-electron chi connectivity index (χ0n) is 20.5. The molecule has 35 heavy (non-hydrogen) atoms. The van der Waals surface area contributed by atoms with Crippen LogP contribution in [0.3, 0.4) is 0 Å². The lowest BCUT2D eigenvalue weighted by atomic mass is 9.53. The van der Waals surface area contributed by atoms with Crippen LogP contribution in [0.1, 0.15) is 50.5 Å². The predicted molar refractivity (Wildman–Crippen MR) is 142 cm³/mol. The van der Waals surface area contributed by atoms with Gasteiger partial charge in [0.05, 0.1) is 12.6 Å². The molecule has 7 nitrogen and oxygen atoms in total. The summed E-state index contributed by atoms with van der Waals surface area (Å²) in [6.07, 6.45) is 10.0. The van der Waals surface area contributed by atoms with Crippen molar-refractivity contribution in [3.8, 4) is 0 Å². The molecule has 1 aromatic rings. The van der Waals surface area contributed by atoms with E-state index >= 15 is 0 Å². The van der Waals surface area contributed by atoms with Crippen LogP contribution in [-0.2, 0) is 20.8 Å². The molecule has 9 heteroatoms. The van der Waals surface area contributed by atoms with Crippen LogP contribution in [0.25, 0.3) is 0 Å². The Morgan fingerprint density at radius 1 is 1.03 bits per heavy atom. The first kappa shape index (κ1) is 27.8. The van der Waals surface area contributed by atoms with Crippen molar-refractivity contribution in [3.05, 3.63) is 35.9 Å². The Labute approximate surface area is 218 Å². The zero-order valence-corrected chi connectivity index (χ0v) is 22.1. The highest BCUT2D eigenvalue weighted by molar-refractivity contribution is 7.98. The molecular formula is C26H39ClN4O3S. The first-order valence-electron chi connectivity index (χ1n) is 12.5. The van der Waals surface area contributed by atoms with Crippen LogP contribution < -0.4 is 21.7 Å². The minimum absolute atomic E-state index is 0. The topological polar surface area (TPSA) is 113 Å². The molecule has 1 aromatic carbocycles. The van der Waals surface area contributed by atoms with Crippen LogP contribution in [0, 0.1) is 17.8 Å². The molecule has 0 unspecified atom stereocenters. The van der Waals surface area contributed by atoms with Gasteiger partial charge in [0, 0.05) is 12.0 Å². The van der Waals surface area contributed by atoms with Gasteiger partial charge < -0.3 is 21.7 Å². The molecule has 0 heterocycles. The van der Waals surface area contributed by atoms with Gasteiger partial charge in [-0.2, -0.15) is 11.8 Å². The molecule has 0 spiro atoms. The summed E-state index contributed by atoms with van der Waals surface area (Å²) < 4.78 is 0. The maximum absolute atomic E-state index is 13.5. The van der Waals surface area contributed by atoms with E-state index in [9.17, 15) is 14.4 Å². The number of benzene rings is 1. The monoisotopic (exact) mass is 522 g/mol. The van der Waals surface area contributed by atoms with Gasteiger partial charge in [0.15, 0.2) is 0 Å². The van der Waals surface area contributed by atoms with E-state index < -0.39 is 12.1 Å². The lowest BCUT2D eigenvalue weighted by molar-refractivity contribution is -0.133. The molecule has 2 atom stereocenters. The summed E-state index contributed by atoms with van der Waals surface area (Å²) in [4.78, 5) is 38.4. The fraction of sp³-hybridized carbons (Fsp3) is 0.654. The average molecular weight is 523 g/mol. The summed E-state index contributed by atoms with van der Waals surface area (Å²) in [5.74, 6) is 2.10. The standard InChI is InChI=1S/C26H38N4O3S.ClH/c1-34-8-7-21(27)24(32)28-16-23(31)29-22(12-17-5-3-2-4-6-17)25(33)30-26-13-18-9-19(14-26)11-20(10-18)15-26;/h2-6,18-22H,7-16,27H2,1H3,(H,28,32)(H,29,31)(H,30,33);1H/t18?,19?,20?,21-,22+,26?;/m1./s1. The number of amides is 3. The third kappa shape index (κ3) is 7.37. The lowest BCUT2D eigenvalue weighted by Crippen LogP contribution is -2.63. The highest BCUT2D eigenvalue weighted by atomic mass is 35.5. The minimum Gasteiger partial charge on any atom is -0.349 e. The number of nitrogens with one attached hydrogen (secondary N) is 3. The average Bonchev–Trinajstić information content (AvgIpc) is 2.80. The quantitative estimate of drug-likeness (QED) is 0.356. The number of carbonyl (C=O) groups is 3. The van der Waals surface area contributed by atoms with Crippen LogP contribution in [0.5, 0.6) is 0 Å². The molecule has 5 N–H and O–H groups in total. The van der Waals surface area contributed by atoms with Gasteiger partial charge in [0.2, 0.25) is 17.7 Å². The Bertz CT molecular complexity index is 849. The summed E-state index contributed by atoms with van der Waals surface area (Å²) >= 11 is 1.62. The fourth-order valence-corrected chi connectivity index (χ4v) is 7.08. The van der Waals surface area contributed by atoms with Gasteiger partial charge in [-0.15, -0.1) is 12.4 Å². The summed E-state index contributed by atoms with van der Waals surface area (Å²) in [5, 5.41) is 8.88. The van der Waals surface area contributed by atoms with Crippen LogP contribution in [0.4, 0.5) is 0 Å². The number of thioether (sulfide) groups is 1. The maximum atomic E-state index is 13.5. The minimum atomic E-state index is -0.690. The smallest absolute Gasteiger partial charge is 0.243 e. The number of halogens is 1. The van der Waals surface area contributed by atoms with Crippen LogP contribution in [0.15, 0.2) is 30.3 Å². The van der Waals surface area contributed by atoms with E-state index in [0.717, 1.165) is 48.3 Å². The summed E-state index contributed by atoms with van der Waals surface area (Å²) in [6.45, 7) is -0.193. The second-order valence-electron chi connectivity index (χ2n) is 10.6. The number of nitrogens with two attached hydrogens (primary N) is 1. The highest BCUT2D eigenvalue weighted by Gasteiger charge is 2.51. The second-order valence-corrected chi connectivity index (χ2v) is 11.6. The number of hydrogen-bond acceptors (Lipinski definition) is 5. The lowest BCUT2D eigenvalue weighted by Gasteiger charge is -2.57. The van der Waals surface area contributed by atoms with E-state index in [-0.39, 0.29) is 42.2 Å². The molecule has 194 valence electrons. The predicted octanol–water partition coefficient (Wildman–Crippen LogP) is 2.42. The Kier molecular flexibility index (Phi) is 9.90. The number of carbonyl (C=O) groups excluding carboxylic acids is 3. The Hall–Kier alpha value is -1.77. The maximum Gasteiger partial charge on any atom is 0.243 e. The zero-order chi connectivity index (χ0) is 24.1. The first-order chi connectivity index (χ1) is 16.4. The van der Waals surface area contributed by atoms with Crippen molar-refractivity contribution in [1.29, 1.82) is 0 Å². The van der Waals surface area contributed by atoms with Crippen molar-refractivity contribution in [2.75, 3.05) is 18.6 Å². The van der Waals surface area contributed by atoms with Crippen molar-refractivity contribution in [3.63, 3.8) is 0 Å². The molecule has 5 rings (SSSR count). The van der Waals surface area contributed by atoms with Crippen molar-refractivity contribution < 1.29 is 14.4 Å². The van der Waals surface area contributed by atoms with Gasteiger partial charge in [0.25, 0.3) is 0 Å². The molecule has 0 aromatic heterocycles. The molecule has 4 aliphatic rings. The summed E-state index contributed by atoms with van der Waals surface area (Å²) in [7, 11) is 0. The highest BCUT2D eigenvalue weighted by Crippen LogP contribution is 2.55. The van der Waals surface area contributed by atoms with E-state index in [4.69, 9.17) is 5.73 Å². The SMILES string of the molecule is CSCC[C@@H](N)C(=O)NCC(=O)N[C@@H](Cc1ccccc1)C(=O)NC12CC3CC(CC(C3)C1)C2.Cl. The van der Waals surface area contributed by atoms with Gasteiger partial charge in [-0.25, -0.2) is 0 Å². The van der Waals surface area contributed by atoms with Gasteiger partial charge in [0.1, 0.15) is 6.04 Å². The van der Waals surface area contributed by atoms with E-state index in [0.29, 0.717) is 12.8 Å². The summed E-state index contributed by atoms with van der Waals surface area (Å²) in [6, 6.07) is 8.39. The Balaban J connectivity index is 0.00000342. The third-order valence-corrected chi connectivity index (χ3v) is 8.40. The van der Waals surface area contributed by atoms with Gasteiger partial charge in [-0.05, 0) is 80.3 Å². The Morgan fingerprint density at radius 3 is 2.20 bits per heavy atom. The molecule has 4 aliphatic carbocycles. The molecule has 4 fully saturated rings. The molecule has 0 radical (unpaired) electrons. The van der Waals surface area contributed by atoms with Crippen molar-refractivity contribution >= 4 is 41.9 Å². The number of rotatable bonds is 11. The fourth-order valence-electron chi connectivity index (χ4n) is 6.59. The van der Waals surface area contributed by atoms with E-state index in [1.54, 1.807) is 11.8 Å². The van der Waals surface area contributed by atoms with E-state index in [2.05, 4.69) is 16.0 Å². The third-order valence-electron chi connectivity index (χ3n) is 7.75. The van der Waals surface area contributed by atoms with Crippen LogP contribution in [-0.4, -0.2) is 53.9 Å². The van der Waals surface area contributed by atoms with Crippen LogP contribution >= 0.6 is 24.2 Å². The second kappa shape index (κ2) is 12.5. The molecule has 4 bridgehead atoms. The van der Waals surface area contributed by atoms with Gasteiger partial charge >= 0.3 is 0 Å². The van der Waals surface area contributed by atoms with E-state index in [1.165, 1.54) is 19.3 Å². The van der Waals surface area contributed by atoms with Crippen molar-refractivity contribution in [2.24, 2.45) is 23.5 Å². The molecular weight excluding hydrogens is 484 g/mol. The van der Waals surface area contributed by atoms with Crippen molar-refractivity contribution in [1.82, 2.24) is 16.0 Å². The Morgan fingerprint density at radius 2 is 1.63 bits per heavy atom. The molecule has 4 saturated carbocycles. The van der Waals surface area contributed by atoms with E-state index in [1.807, 2.05) is 36.6 Å². The van der Waals surface area contributed by atoms with Crippen LogP contribution in [0.2, 0.25) is 0 Å². The van der Waals surface area contributed by atoms with Gasteiger partial charge in [-0.3, -0.25) is 14.4 Å². The van der Waals surface area contributed by atoms with Crippen molar-refractivity contribution in [2.45, 2.75) is 69.0 Å². The summed E-state index contributed by atoms with van der Waals surface area (Å²) in [5.41, 5.74) is 6.75. The number of hydrogen-bond donors (Lipinski definition) is 4. The first-order valence-corrected chi connectivity index (χ1v) is 13.9. The molecule has 3 amide bonds. The molecule has 0 aliphatic heterocycles. The van der Waals surface area contributed by atoms with Gasteiger partial charge in [-0.1, -0.05) is 30.3 Å². The molecule has 0 saturated heterocycles.